The lowest BCUT2D eigenvalue weighted by atomic mass is 9.90. The quantitative estimate of drug-likeness (QED) is 0.888. The fourth-order valence-corrected chi connectivity index (χ4v) is 4.04. The smallest absolute Gasteiger partial charge is 0.255 e. The summed E-state index contributed by atoms with van der Waals surface area (Å²) in [7, 11) is 1.87. The van der Waals surface area contributed by atoms with Crippen LogP contribution in [0.2, 0.25) is 0 Å². The van der Waals surface area contributed by atoms with E-state index < -0.39 is 5.66 Å². The number of benzene rings is 2. The summed E-state index contributed by atoms with van der Waals surface area (Å²) >= 11 is 0. The van der Waals surface area contributed by atoms with Crippen LogP contribution >= 0.6 is 0 Å². The molecular formula is C21H22FN3O2. The standard InChI is InChI=1S/C21H22FN3O2/c1-24-18-14-16(22)7-8-17(18)20(27)23-21(24)9-11-25(12-10-21)19(26)13-15-5-3-2-4-6-15/h2-8,14H,9-13H2,1H3,(H,23,27). The minimum Gasteiger partial charge on any atom is -0.351 e. The first kappa shape index (κ1) is 17.5. The number of halogens is 1. The van der Waals surface area contributed by atoms with Crippen LogP contribution in [-0.2, 0) is 11.2 Å². The van der Waals surface area contributed by atoms with E-state index in [2.05, 4.69) is 5.32 Å². The number of anilines is 1. The third kappa shape index (κ3) is 3.16. The van der Waals surface area contributed by atoms with Gasteiger partial charge < -0.3 is 15.1 Å². The highest BCUT2D eigenvalue weighted by molar-refractivity contribution is 6.02. The maximum Gasteiger partial charge on any atom is 0.255 e. The van der Waals surface area contributed by atoms with E-state index in [9.17, 15) is 14.0 Å². The van der Waals surface area contributed by atoms with Gasteiger partial charge in [0.25, 0.3) is 5.91 Å². The fourth-order valence-electron chi connectivity index (χ4n) is 4.04. The van der Waals surface area contributed by atoms with Gasteiger partial charge in [0.05, 0.1) is 17.7 Å². The fraction of sp³-hybridized carbons (Fsp3) is 0.333. The van der Waals surface area contributed by atoms with Crippen LogP contribution in [0.3, 0.4) is 0 Å². The van der Waals surface area contributed by atoms with Gasteiger partial charge in [0.2, 0.25) is 5.91 Å². The molecule has 0 unspecified atom stereocenters. The summed E-state index contributed by atoms with van der Waals surface area (Å²) in [5.41, 5.74) is 1.49. The topological polar surface area (TPSA) is 52.7 Å². The highest BCUT2D eigenvalue weighted by Crippen LogP contribution is 2.36. The first-order valence-electron chi connectivity index (χ1n) is 9.16. The number of hydrogen-bond donors (Lipinski definition) is 1. The van der Waals surface area contributed by atoms with Gasteiger partial charge in [0.1, 0.15) is 11.5 Å². The van der Waals surface area contributed by atoms with Crippen molar-refractivity contribution < 1.29 is 14.0 Å². The van der Waals surface area contributed by atoms with Crippen LogP contribution in [0, 0.1) is 5.82 Å². The van der Waals surface area contributed by atoms with E-state index in [0.29, 0.717) is 43.6 Å². The zero-order chi connectivity index (χ0) is 19.0. The molecule has 6 heteroatoms. The molecule has 140 valence electrons. The Morgan fingerprint density at radius 2 is 1.85 bits per heavy atom. The summed E-state index contributed by atoms with van der Waals surface area (Å²) in [6.07, 6.45) is 1.58. The van der Waals surface area contributed by atoms with Gasteiger partial charge in [-0.25, -0.2) is 4.39 Å². The first-order chi connectivity index (χ1) is 13.0. The van der Waals surface area contributed by atoms with Crippen molar-refractivity contribution in [2.24, 2.45) is 0 Å². The zero-order valence-corrected chi connectivity index (χ0v) is 15.2. The van der Waals surface area contributed by atoms with Crippen LogP contribution in [-0.4, -0.2) is 42.5 Å². The predicted molar refractivity (Wildman–Crippen MR) is 101 cm³/mol. The largest absolute Gasteiger partial charge is 0.351 e. The summed E-state index contributed by atoms with van der Waals surface area (Å²) in [4.78, 5) is 28.9. The van der Waals surface area contributed by atoms with E-state index in [-0.39, 0.29) is 17.6 Å². The number of carbonyl (C=O) groups excluding carboxylic acids is 2. The van der Waals surface area contributed by atoms with Gasteiger partial charge in [-0.15, -0.1) is 0 Å². The van der Waals surface area contributed by atoms with Crippen LogP contribution in [0.25, 0.3) is 0 Å². The zero-order valence-electron chi connectivity index (χ0n) is 15.2. The lowest BCUT2D eigenvalue weighted by Gasteiger charge is -2.51. The molecule has 2 aliphatic heterocycles. The van der Waals surface area contributed by atoms with Crippen LogP contribution in [0.5, 0.6) is 0 Å². The summed E-state index contributed by atoms with van der Waals surface area (Å²) in [6, 6.07) is 13.9. The maximum atomic E-state index is 13.7. The normalized spacial score (nSPS) is 18.2. The molecule has 0 aromatic heterocycles. The van der Waals surface area contributed by atoms with E-state index in [1.54, 1.807) is 0 Å². The van der Waals surface area contributed by atoms with Gasteiger partial charge >= 0.3 is 0 Å². The minimum absolute atomic E-state index is 0.0901. The molecule has 1 fully saturated rings. The number of rotatable bonds is 2. The second-order valence-corrected chi connectivity index (χ2v) is 7.25. The van der Waals surface area contributed by atoms with E-state index >= 15 is 0 Å². The number of likely N-dealkylation sites (tertiary alicyclic amines) is 1. The molecule has 5 nitrogen and oxygen atoms in total. The molecule has 27 heavy (non-hydrogen) atoms. The van der Waals surface area contributed by atoms with Gasteiger partial charge in [-0.3, -0.25) is 9.59 Å². The van der Waals surface area contributed by atoms with Gasteiger partial charge in [-0.2, -0.15) is 0 Å². The van der Waals surface area contributed by atoms with Crippen LogP contribution in [0.1, 0.15) is 28.8 Å². The Bertz CT molecular complexity index is 876. The molecule has 0 atom stereocenters. The second-order valence-electron chi connectivity index (χ2n) is 7.25. The van der Waals surface area contributed by atoms with Crippen molar-refractivity contribution >= 4 is 17.5 Å². The number of fused-ring (bicyclic) bond motifs is 1. The Kier molecular flexibility index (Phi) is 4.34. The molecule has 2 aliphatic rings. The first-order valence-corrected chi connectivity index (χ1v) is 9.16. The number of amides is 2. The van der Waals surface area contributed by atoms with Gasteiger partial charge in [0.15, 0.2) is 0 Å². The number of nitrogens with one attached hydrogen (secondary N) is 1. The highest BCUT2D eigenvalue weighted by atomic mass is 19.1. The number of hydrogen-bond acceptors (Lipinski definition) is 3. The molecule has 4 rings (SSSR count). The lowest BCUT2D eigenvalue weighted by molar-refractivity contribution is -0.132. The van der Waals surface area contributed by atoms with Gasteiger partial charge in [-0.05, 0) is 23.8 Å². The SMILES string of the molecule is CN1c2cc(F)ccc2C(=O)NC12CCN(C(=O)Cc1ccccc1)CC2. The molecule has 0 radical (unpaired) electrons. The molecule has 2 heterocycles. The van der Waals surface area contributed by atoms with Crippen molar-refractivity contribution in [2.45, 2.75) is 24.9 Å². The van der Waals surface area contributed by atoms with E-state index in [4.69, 9.17) is 0 Å². The highest BCUT2D eigenvalue weighted by Gasteiger charge is 2.44. The molecule has 0 bridgehead atoms. The molecule has 0 aliphatic carbocycles. The Morgan fingerprint density at radius 3 is 2.56 bits per heavy atom. The van der Waals surface area contributed by atoms with Crippen LogP contribution in [0.4, 0.5) is 10.1 Å². The Balaban J connectivity index is 1.48. The molecular weight excluding hydrogens is 345 g/mol. The molecule has 0 saturated carbocycles. The predicted octanol–water partition coefficient (Wildman–Crippen LogP) is 2.57. The summed E-state index contributed by atoms with van der Waals surface area (Å²) in [5.74, 6) is -0.458. The minimum atomic E-state index is -0.582. The van der Waals surface area contributed by atoms with Crippen LogP contribution < -0.4 is 10.2 Å². The average Bonchev–Trinajstić information content (AvgIpc) is 2.67. The van der Waals surface area contributed by atoms with Gasteiger partial charge in [-0.1, -0.05) is 30.3 Å². The molecule has 1 N–H and O–H groups in total. The van der Waals surface area contributed by atoms with Crippen molar-refractivity contribution in [1.29, 1.82) is 0 Å². The lowest BCUT2D eigenvalue weighted by Crippen LogP contribution is -2.67. The monoisotopic (exact) mass is 367 g/mol. The Hall–Kier alpha value is -2.89. The van der Waals surface area contributed by atoms with Crippen LogP contribution in [0.15, 0.2) is 48.5 Å². The van der Waals surface area contributed by atoms with Crippen molar-refractivity contribution in [3.8, 4) is 0 Å². The van der Waals surface area contributed by atoms with Crippen molar-refractivity contribution in [3.63, 3.8) is 0 Å². The molecule has 1 saturated heterocycles. The van der Waals surface area contributed by atoms with Crippen molar-refractivity contribution in [2.75, 3.05) is 25.0 Å². The molecule has 2 aromatic rings. The third-order valence-electron chi connectivity index (χ3n) is 5.70. The van der Waals surface area contributed by atoms with E-state index in [1.807, 2.05) is 47.2 Å². The molecule has 2 amide bonds. The number of nitrogens with zero attached hydrogens (tertiary/aromatic N) is 2. The molecule has 2 aromatic carbocycles. The Morgan fingerprint density at radius 1 is 1.15 bits per heavy atom. The maximum absolute atomic E-state index is 13.7. The van der Waals surface area contributed by atoms with Crippen molar-refractivity contribution in [1.82, 2.24) is 10.2 Å². The van der Waals surface area contributed by atoms with Gasteiger partial charge in [0, 0.05) is 33.0 Å². The van der Waals surface area contributed by atoms with E-state index in [0.717, 1.165) is 5.56 Å². The third-order valence-corrected chi connectivity index (χ3v) is 5.70. The summed E-state index contributed by atoms with van der Waals surface area (Å²) < 4.78 is 13.7. The number of carbonyl (C=O) groups is 2. The van der Waals surface area contributed by atoms with Crippen molar-refractivity contribution in [3.05, 3.63) is 65.5 Å². The van der Waals surface area contributed by atoms with E-state index in [1.165, 1.54) is 18.2 Å². The average molecular weight is 367 g/mol. The Labute approximate surface area is 157 Å². The second kappa shape index (κ2) is 6.68. The summed E-state index contributed by atoms with van der Waals surface area (Å²) in [6.45, 7) is 1.11. The number of piperidine rings is 1. The summed E-state index contributed by atoms with van der Waals surface area (Å²) in [5, 5.41) is 3.09. The molecule has 1 spiro atoms.